The predicted octanol–water partition coefficient (Wildman–Crippen LogP) is 1.17. The Kier molecular flexibility index (Phi) is 3.37. The molecule has 0 atom stereocenters. The Labute approximate surface area is 85.8 Å². The van der Waals surface area contributed by atoms with Gasteiger partial charge in [-0.3, -0.25) is 0 Å². The van der Waals surface area contributed by atoms with Crippen molar-refractivity contribution in [2.45, 2.75) is 26.4 Å². The molecule has 0 aliphatic carbocycles. The van der Waals surface area contributed by atoms with Crippen molar-refractivity contribution in [3.8, 4) is 0 Å². The van der Waals surface area contributed by atoms with E-state index in [4.69, 9.17) is 4.74 Å². The van der Waals surface area contributed by atoms with Gasteiger partial charge in [-0.2, -0.15) is 0 Å². The van der Waals surface area contributed by atoms with Crippen LogP contribution in [-0.4, -0.2) is 54.7 Å². The Morgan fingerprint density at radius 3 is 2.71 bits per heavy atom. The van der Waals surface area contributed by atoms with Gasteiger partial charge in [-0.1, -0.05) is 0 Å². The van der Waals surface area contributed by atoms with Crippen LogP contribution in [0.25, 0.3) is 0 Å². The van der Waals surface area contributed by atoms with Crippen molar-refractivity contribution < 1.29 is 9.53 Å². The lowest BCUT2D eigenvalue weighted by Gasteiger charge is -2.39. The molecule has 1 fully saturated rings. The van der Waals surface area contributed by atoms with E-state index in [1.165, 1.54) is 0 Å². The minimum Gasteiger partial charge on any atom is -0.372 e. The highest BCUT2D eigenvalue weighted by atomic mass is 16.5. The number of rotatable bonds is 1. The van der Waals surface area contributed by atoms with Crippen molar-refractivity contribution in [2.24, 2.45) is 0 Å². The molecule has 1 aliphatic rings. The van der Waals surface area contributed by atoms with Crippen molar-refractivity contribution in [1.82, 2.24) is 9.80 Å². The molecule has 0 radical (unpaired) electrons. The standard InChI is InChI=1S/C10H20N2O2/c1-5-11(4)9(13)12-6-7-14-10(2,3)8-12/h5-8H2,1-4H3. The lowest BCUT2D eigenvalue weighted by molar-refractivity contribution is -0.0758. The van der Waals surface area contributed by atoms with Crippen LogP contribution in [0.15, 0.2) is 0 Å². The molecule has 0 N–H and O–H groups in total. The van der Waals surface area contributed by atoms with Crippen LogP contribution in [0.4, 0.5) is 4.79 Å². The van der Waals surface area contributed by atoms with E-state index in [-0.39, 0.29) is 11.6 Å². The van der Waals surface area contributed by atoms with E-state index >= 15 is 0 Å². The molecule has 2 amide bonds. The highest BCUT2D eigenvalue weighted by Gasteiger charge is 2.30. The molecule has 14 heavy (non-hydrogen) atoms. The Hall–Kier alpha value is -0.770. The molecule has 4 heteroatoms. The number of hydrogen-bond acceptors (Lipinski definition) is 2. The van der Waals surface area contributed by atoms with Gasteiger partial charge in [0.15, 0.2) is 0 Å². The summed E-state index contributed by atoms with van der Waals surface area (Å²) in [5, 5.41) is 0. The van der Waals surface area contributed by atoms with E-state index in [0.29, 0.717) is 19.7 Å². The third-order valence-corrected chi connectivity index (χ3v) is 2.50. The molecule has 1 saturated heterocycles. The van der Waals surface area contributed by atoms with Gasteiger partial charge in [0, 0.05) is 20.1 Å². The monoisotopic (exact) mass is 200 g/mol. The quantitative estimate of drug-likeness (QED) is 0.636. The summed E-state index contributed by atoms with van der Waals surface area (Å²) in [6.07, 6.45) is 0. The second-order valence-electron chi connectivity index (χ2n) is 4.33. The zero-order valence-corrected chi connectivity index (χ0v) is 9.54. The van der Waals surface area contributed by atoms with Crippen LogP contribution in [0.1, 0.15) is 20.8 Å². The zero-order valence-electron chi connectivity index (χ0n) is 9.54. The number of urea groups is 1. The maximum atomic E-state index is 11.8. The van der Waals surface area contributed by atoms with E-state index in [2.05, 4.69) is 0 Å². The molecular formula is C10H20N2O2. The Balaban J connectivity index is 2.56. The van der Waals surface area contributed by atoms with Crippen molar-refractivity contribution in [3.63, 3.8) is 0 Å². The summed E-state index contributed by atoms with van der Waals surface area (Å²) in [5.74, 6) is 0. The molecule has 0 spiro atoms. The Morgan fingerprint density at radius 2 is 2.21 bits per heavy atom. The molecule has 1 aliphatic heterocycles. The minimum absolute atomic E-state index is 0.101. The number of morpholine rings is 1. The van der Waals surface area contributed by atoms with Crippen molar-refractivity contribution in [3.05, 3.63) is 0 Å². The van der Waals surface area contributed by atoms with E-state index in [1.54, 1.807) is 4.90 Å². The number of amides is 2. The van der Waals surface area contributed by atoms with Crippen molar-refractivity contribution in [1.29, 1.82) is 0 Å². The minimum atomic E-state index is -0.206. The zero-order chi connectivity index (χ0) is 10.8. The lowest BCUT2D eigenvalue weighted by Crippen LogP contribution is -2.53. The summed E-state index contributed by atoms with van der Waals surface area (Å²) in [4.78, 5) is 15.4. The van der Waals surface area contributed by atoms with Gasteiger partial charge in [0.25, 0.3) is 0 Å². The number of carbonyl (C=O) groups excluding carboxylic acids is 1. The highest BCUT2D eigenvalue weighted by molar-refractivity contribution is 5.74. The fourth-order valence-electron chi connectivity index (χ4n) is 1.56. The summed E-state index contributed by atoms with van der Waals surface area (Å²) < 4.78 is 5.55. The predicted molar refractivity (Wildman–Crippen MR) is 55.3 cm³/mol. The fraction of sp³-hybridized carbons (Fsp3) is 0.900. The molecule has 0 aromatic carbocycles. The van der Waals surface area contributed by atoms with Crippen LogP contribution in [0.2, 0.25) is 0 Å². The molecule has 82 valence electrons. The first-order valence-electron chi connectivity index (χ1n) is 5.10. The number of ether oxygens (including phenoxy) is 1. The van der Waals surface area contributed by atoms with Gasteiger partial charge in [0.1, 0.15) is 0 Å². The summed E-state index contributed by atoms with van der Waals surface area (Å²) in [6.45, 7) is 8.76. The maximum Gasteiger partial charge on any atom is 0.319 e. The van der Waals surface area contributed by atoms with E-state index in [0.717, 1.165) is 6.54 Å². The van der Waals surface area contributed by atoms with E-state index in [9.17, 15) is 4.79 Å². The maximum absolute atomic E-state index is 11.8. The molecule has 0 bridgehead atoms. The first-order chi connectivity index (χ1) is 6.46. The van der Waals surface area contributed by atoms with Crippen LogP contribution in [0.5, 0.6) is 0 Å². The van der Waals surface area contributed by atoms with Gasteiger partial charge < -0.3 is 14.5 Å². The van der Waals surface area contributed by atoms with Gasteiger partial charge in [-0.25, -0.2) is 4.79 Å². The molecule has 4 nitrogen and oxygen atoms in total. The summed E-state index contributed by atoms with van der Waals surface area (Å²) in [5.41, 5.74) is -0.206. The van der Waals surface area contributed by atoms with Gasteiger partial charge in [-0.05, 0) is 20.8 Å². The first kappa shape index (κ1) is 11.3. The third-order valence-electron chi connectivity index (χ3n) is 2.50. The number of carbonyl (C=O) groups is 1. The first-order valence-corrected chi connectivity index (χ1v) is 5.10. The number of hydrogen-bond donors (Lipinski definition) is 0. The second kappa shape index (κ2) is 4.17. The fourth-order valence-corrected chi connectivity index (χ4v) is 1.56. The van der Waals surface area contributed by atoms with Crippen molar-refractivity contribution >= 4 is 6.03 Å². The highest BCUT2D eigenvalue weighted by Crippen LogP contribution is 2.17. The average molecular weight is 200 g/mol. The summed E-state index contributed by atoms with van der Waals surface area (Å²) in [6, 6.07) is 0.101. The molecular weight excluding hydrogens is 180 g/mol. The van der Waals surface area contributed by atoms with E-state index in [1.807, 2.05) is 32.7 Å². The van der Waals surface area contributed by atoms with Crippen LogP contribution < -0.4 is 0 Å². The Morgan fingerprint density at radius 1 is 1.57 bits per heavy atom. The lowest BCUT2D eigenvalue weighted by atomic mass is 10.1. The van der Waals surface area contributed by atoms with Crippen LogP contribution in [-0.2, 0) is 4.74 Å². The average Bonchev–Trinajstić information content (AvgIpc) is 2.14. The molecule has 1 heterocycles. The van der Waals surface area contributed by atoms with Crippen molar-refractivity contribution in [2.75, 3.05) is 33.3 Å². The molecule has 0 saturated carbocycles. The van der Waals surface area contributed by atoms with Gasteiger partial charge in [0.05, 0.1) is 18.8 Å². The van der Waals surface area contributed by atoms with Gasteiger partial charge in [-0.15, -0.1) is 0 Å². The van der Waals surface area contributed by atoms with E-state index < -0.39 is 0 Å². The largest absolute Gasteiger partial charge is 0.372 e. The molecule has 0 unspecified atom stereocenters. The van der Waals surface area contributed by atoms with Crippen LogP contribution in [0.3, 0.4) is 0 Å². The van der Waals surface area contributed by atoms with Crippen LogP contribution in [0, 0.1) is 0 Å². The summed E-state index contributed by atoms with van der Waals surface area (Å²) >= 11 is 0. The SMILES string of the molecule is CCN(C)C(=O)N1CCOC(C)(C)C1. The smallest absolute Gasteiger partial charge is 0.319 e. The number of nitrogens with zero attached hydrogens (tertiary/aromatic N) is 2. The third kappa shape index (κ3) is 2.61. The molecule has 0 aromatic heterocycles. The van der Waals surface area contributed by atoms with Crippen LogP contribution >= 0.6 is 0 Å². The summed E-state index contributed by atoms with van der Waals surface area (Å²) in [7, 11) is 1.82. The second-order valence-corrected chi connectivity index (χ2v) is 4.33. The van der Waals surface area contributed by atoms with Gasteiger partial charge in [0.2, 0.25) is 0 Å². The van der Waals surface area contributed by atoms with Gasteiger partial charge >= 0.3 is 6.03 Å². The molecule has 1 rings (SSSR count). The molecule has 0 aromatic rings. The Bertz CT molecular complexity index is 216. The topological polar surface area (TPSA) is 32.8 Å². The normalized spacial score (nSPS) is 20.7.